The van der Waals surface area contributed by atoms with Gasteiger partial charge in [0, 0.05) is 43.9 Å². The molecule has 1 aromatic rings. The Hall–Kier alpha value is -2.11. The van der Waals surface area contributed by atoms with Crippen molar-refractivity contribution in [1.82, 2.24) is 4.90 Å². The fourth-order valence-electron chi connectivity index (χ4n) is 2.80. The van der Waals surface area contributed by atoms with Crippen LogP contribution in [0.4, 0.5) is 5.69 Å². The summed E-state index contributed by atoms with van der Waals surface area (Å²) in [6, 6.07) is 3.68. The summed E-state index contributed by atoms with van der Waals surface area (Å²) in [5.74, 6) is 1.96. The first kappa shape index (κ1) is 17.2. The minimum Gasteiger partial charge on any atom is -0.493 e. The molecule has 0 spiro atoms. The number of carbonyl (C=O) groups excluding carboxylic acids is 1. The van der Waals surface area contributed by atoms with Gasteiger partial charge in [-0.05, 0) is 19.3 Å². The molecule has 1 heterocycles. The summed E-state index contributed by atoms with van der Waals surface area (Å²) in [4.78, 5) is 14.1. The lowest BCUT2D eigenvalue weighted by molar-refractivity contribution is -0.131. The Bertz CT molecular complexity index is 502. The van der Waals surface area contributed by atoms with Crippen LogP contribution in [0, 0.1) is 0 Å². The summed E-state index contributed by atoms with van der Waals surface area (Å²) >= 11 is 0. The number of nitrogens with zero attached hydrogens (tertiary/aromatic N) is 1. The number of benzene rings is 1. The molecule has 1 N–H and O–H groups in total. The second-order valence-electron chi connectivity index (χ2n) is 5.53. The zero-order valence-corrected chi connectivity index (χ0v) is 14.2. The molecule has 1 fully saturated rings. The number of rotatable bonds is 7. The maximum absolute atomic E-state index is 12.2. The summed E-state index contributed by atoms with van der Waals surface area (Å²) < 4.78 is 15.9. The van der Waals surface area contributed by atoms with Crippen LogP contribution in [0.25, 0.3) is 0 Å². The van der Waals surface area contributed by atoms with Crippen molar-refractivity contribution in [2.75, 3.05) is 46.3 Å². The van der Waals surface area contributed by atoms with Crippen LogP contribution in [0.3, 0.4) is 0 Å². The summed E-state index contributed by atoms with van der Waals surface area (Å²) in [6.45, 7) is 2.36. The smallest absolute Gasteiger partial charge is 0.224 e. The average Bonchev–Trinajstić information content (AvgIpc) is 2.61. The lowest BCUT2D eigenvalue weighted by atomic mass is 10.1. The van der Waals surface area contributed by atoms with Gasteiger partial charge in [-0.15, -0.1) is 0 Å². The highest BCUT2D eigenvalue weighted by Crippen LogP contribution is 2.39. The molecule has 1 aliphatic rings. The van der Waals surface area contributed by atoms with Gasteiger partial charge in [0.1, 0.15) is 0 Å². The second kappa shape index (κ2) is 8.50. The predicted molar refractivity (Wildman–Crippen MR) is 89.6 cm³/mol. The highest BCUT2D eigenvalue weighted by Gasteiger charge is 2.16. The van der Waals surface area contributed by atoms with Crippen LogP contribution in [-0.4, -0.2) is 51.8 Å². The van der Waals surface area contributed by atoms with Gasteiger partial charge in [-0.3, -0.25) is 4.79 Å². The maximum Gasteiger partial charge on any atom is 0.224 e. The lowest BCUT2D eigenvalue weighted by Gasteiger charge is -2.26. The van der Waals surface area contributed by atoms with E-state index in [2.05, 4.69) is 5.32 Å². The van der Waals surface area contributed by atoms with E-state index in [0.29, 0.717) is 30.2 Å². The molecule has 0 radical (unpaired) electrons. The first-order valence-corrected chi connectivity index (χ1v) is 8.01. The van der Waals surface area contributed by atoms with Crippen molar-refractivity contribution in [2.24, 2.45) is 0 Å². The number of hydrogen-bond acceptors (Lipinski definition) is 5. The van der Waals surface area contributed by atoms with Gasteiger partial charge in [-0.1, -0.05) is 0 Å². The number of amides is 1. The molecule has 6 heteroatoms. The van der Waals surface area contributed by atoms with E-state index in [1.54, 1.807) is 21.3 Å². The number of ether oxygens (including phenoxy) is 3. The van der Waals surface area contributed by atoms with Crippen molar-refractivity contribution >= 4 is 11.6 Å². The van der Waals surface area contributed by atoms with Gasteiger partial charge in [-0.2, -0.15) is 0 Å². The van der Waals surface area contributed by atoms with Crippen molar-refractivity contribution < 1.29 is 19.0 Å². The van der Waals surface area contributed by atoms with Gasteiger partial charge >= 0.3 is 0 Å². The van der Waals surface area contributed by atoms with Crippen LogP contribution in [0.5, 0.6) is 17.2 Å². The minimum absolute atomic E-state index is 0.213. The molecular weight excluding hydrogens is 296 g/mol. The predicted octanol–water partition coefficient (Wildman–Crippen LogP) is 2.53. The topological polar surface area (TPSA) is 60.0 Å². The highest BCUT2D eigenvalue weighted by atomic mass is 16.5. The Morgan fingerprint density at radius 1 is 1.04 bits per heavy atom. The van der Waals surface area contributed by atoms with Crippen molar-refractivity contribution in [3.8, 4) is 17.2 Å². The molecule has 1 aliphatic heterocycles. The van der Waals surface area contributed by atoms with E-state index in [-0.39, 0.29) is 5.91 Å². The maximum atomic E-state index is 12.2. The molecule has 0 aliphatic carbocycles. The molecular formula is C17H26N2O4. The molecule has 1 amide bonds. The molecule has 0 unspecified atom stereocenters. The van der Waals surface area contributed by atoms with Crippen LogP contribution < -0.4 is 19.5 Å². The van der Waals surface area contributed by atoms with Crippen molar-refractivity contribution in [2.45, 2.75) is 25.7 Å². The molecule has 2 rings (SSSR count). The molecule has 0 saturated carbocycles. The van der Waals surface area contributed by atoms with E-state index < -0.39 is 0 Å². The fourth-order valence-corrected chi connectivity index (χ4v) is 2.80. The van der Waals surface area contributed by atoms with Crippen LogP contribution in [0.15, 0.2) is 12.1 Å². The molecule has 0 aromatic heterocycles. The third-order valence-electron chi connectivity index (χ3n) is 4.04. The van der Waals surface area contributed by atoms with Crippen LogP contribution in [-0.2, 0) is 4.79 Å². The number of nitrogens with one attached hydrogen (secondary N) is 1. The average molecular weight is 322 g/mol. The molecule has 128 valence electrons. The van der Waals surface area contributed by atoms with E-state index in [1.807, 2.05) is 17.0 Å². The van der Waals surface area contributed by atoms with Crippen LogP contribution in [0.2, 0.25) is 0 Å². The summed E-state index contributed by atoms with van der Waals surface area (Å²) in [6.07, 6.45) is 3.95. The van der Waals surface area contributed by atoms with Crippen molar-refractivity contribution in [3.63, 3.8) is 0 Å². The first-order chi connectivity index (χ1) is 11.2. The number of carbonyl (C=O) groups is 1. The summed E-state index contributed by atoms with van der Waals surface area (Å²) in [5.41, 5.74) is 0.839. The SMILES string of the molecule is COc1cc(NCCC(=O)N2CCCCC2)cc(OC)c1OC. The molecule has 6 nitrogen and oxygen atoms in total. The number of hydrogen-bond donors (Lipinski definition) is 1. The zero-order chi connectivity index (χ0) is 16.7. The quantitative estimate of drug-likeness (QED) is 0.836. The third kappa shape index (κ3) is 4.43. The fraction of sp³-hybridized carbons (Fsp3) is 0.588. The van der Waals surface area contributed by atoms with Crippen LogP contribution >= 0.6 is 0 Å². The Kier molecular flexibility index (Phi) is 6.38. The Morgan fingerprint density at radius 2 is 1.65 bits per heavy atom. The molecule has 0 atom stereocenters. The molecule has 1 aromatic carbocycles. The van der Waals surface area contributed by atoms with E-state index in [1.165, 1.54) is 6.42 Å². The zero-order valence-electron chi connectivity index (χ0n) is 14.2. The van der Waals surface area contributed by atoms with Crippen molar-refractivity contribution in [3.05, 3.63) is 12.1 Å². The normalized spacial score (nSPS) is 14.3. The first-order valence-electron chi connectivity index (χ1n) is 8.01. The number of methoxy groups -OCH3 is 3. The standard InChI is InChI=1S/C17H26N2O4/c1-21-14-11-13(12-15(22-2)17(14)23-3)18-8-7-16(20)19-9-5-4-6-10-19/h11-12,18H,4-10H2,1-3H3. The van der Waals surface area contributed by atoms with E-state index in [0.717, 1.165) is 31.6 Å². The summed E-state index contributed by atoms with van der Waals surface area (Å²) in [5, 5.41) is 3.25. The van der Waals surface area contributed by atoms with E-state index >= 15 is 0 Å². The molecule has 0 bridgehead atoms. The Balaban J connectivity index is 1.93. The van der Waals surface area contributed by atoms with Crippen LogP contribution in [0.1, 0.15) is 25.7 Å². The Morgan fingerprint density at radius 3 is 2.17 bits per heavy atom. The lowest BCUT2D eigenvalue weighted by Crippen LogP contribution is -2.36. The third-order valence-corrected chi connectivity index (χ3v) is 4.04. The second-order valence-corrected chi connectivity index (χ2v) is 5.53. The highest BCUT2D eigenvalue weighted by molar-refractivity contribution is 5.77. The number of anilines is 1. The largest absolute Gasteiger partial charge is 0.493 e. The van der Waals surface area contributed by atoms with E-state index in [9.17, 15) is 4.79 Å². The van der Waals surface area contributed by atoms with Gasteiger partial charge < -0.3 is 24.4 Å². The Labute approximate surface area is 137 Å². The molecule has 23 heavy (non-hydrogen) atoms. The van der Waals surface area contributed by atoms with Crippen molar-refractivity contribution in [1.29, 1.82) is 0 Å². The van der Waals surface area contributed by atoms with Gasteiger partial charge in [0.15, 0.2) is 11.5 Å². The van der Waals surface area contributed by atoms with Gasteiger partial charge in [0.2, 0.25) is 11.7 Å². The monoisotopic (exact) mass is 322 g/mol. The summed E-state index contributed by atoms with van der Waals surface area (Å²) in [7, 11) is 4.74. The van der Waals surface area contributed by atoms with Gasteiger partial charge in [0.05, 0.1) is 21.3 Å². The number of likely N-dealkylation sites (tertiary alicyclic amines) is 1. The van der Waals surface area contributed by atoms with E-state index in [4.69, 9.17) is 14.2 Å². The minimum atomic E-state index is 0.213. The van der Waals surface area contributed by atoms with Gasteiger partial charge in [0.25, 0.3) is 0 Å². The number of piperidine rings is 1. The van der Waals surface area contributed by atoms with Gasteiger partial charge in [-0.25, -0.2) is 0 Å². The molecule has 1 saturated heterocycles.